The molecule has 0 unspecified atom stereocenters. The molecule has 1 aromatic heterocycles. The average molecular weight is 557 g/mol. The molecule has 3 aromatic carbocycles. The van der Waals surface area contributed by atoms with E-state index in [1.165, 1.54) is 0 Å². The number of nitrogens with one attached hydrogen (secondary N) is 2. The number of benzene rings is 3. The van der Waals surface area contributed by atoms with Crippen molar-refractivity contribution in [2.45, 2.75) is 33.7 Å². The summed E-state index contributed by atoms with van der Waals surface area (Å²) in [4.78, 5) is 34.0. The number of para-hydroxylation sites is 1. The van der Waals surface area contributed by atoms with Gasteiger partial charge in [-0.25, -0.2) is 4.79 Å². The predicted octanol–water partition coefficient (Wildman–Crippen LogP) is 6.25. The van der Waals surface area contributed by atoms with E-state index in [-0.39, 0.29) is 24.4 Å². The van der Waals surface area contributed by atoms with Gasteiger partial charge in [-0.3, -0.25) is 4.79 Å². The molecule has 0 saturated carbocycles. The number of fused-ring (bicyclic) bond motifs is 1. The van der Waals surface area contributed by atoms with Crippen molar-refractivity contribution in [3.8, 4) is 11.5 Å². The Bertz CT molecular complexity index is 1480. The average Bonchev–Trinajstić information content (AvgIpc) is 3.37. The number of carbonyl (C=O) groups is 2. The fourth-order valence-corrected chi connectivity index (χ4v) is 4.93. The number of aromatic nitrogens is 1. The van der Waals surface area contributed by atoms with E-state index in [0.29, 0.717) is 43.2 Å². The minimum absolute atomic E-state index is 0.0308. The van der Waals surface area contributed by atoms with Crippen LogP contribution in [0.2, 0.25) is 0 Å². The molecule has 0 fully saturated rings. The second-order valence-electron chi connectivity index (χ2n) is 10.7. The van der Waals surface area contributed by atoms with E-state index in [0.717, 1.165) is 27.6 Å². The summed E-state index contributed by atoms with van der Waals surface area (Å²) in [5.74, 6) is 1.30. The molecular formula is C33H40N4O4. The highest BCUT2D eigenvalue weighted by molar-refractivity contribution is 5.92. The number of aryl methyl sites for hydroxylation is 1. The van der Waals surface area contributed by atoms with Gasteiger partial charge in [0.2, 0.25) is 5.91 Å². The van der Waals surface area contributed by atoms with Crippen molar-refractivity contribution >= 4 is 28.5 Å². The molecular weight excluding hydrogens is 516 g/mol. The number of anilines is 1. The van der Waals surface area contributed by atoms with Gasteiger partial charge < -0.3 is 29.6 Å². The van der Waals surface area contributed by atoms with Crippen LogP contribution in [0.1, 0.15) is 30.5 Å². The maximum atomic E-state index is 13.9. The van der Waals surface area contributed by atoms with Crippen LogP contribution in [0, 0.1) is 12.8 Å². The molecule has 41 heavy (non-hydrogen) atoms. The van der Waals surface area contributed by atoms with Gasteiger partial charge in [-0.2, -0.15) is 0 Å². The zero-order valence-corrected chi connectivity index (χ0v) is 24.6. The van der Waals surface area contributed by atoms with E-state index in [4.69, 9.17) is 9.47 Å². The van der Waals surface area contributed by atoms with E-state index in [1.807, 2.05) is 92.5 Å². The highest BCUT2D eigenvalue weighted by Gasteiger charge is 2.23. The standard InChI is InChI=1S/C33H40N4O4/c1-23(2)20-37(33(39)35-27-10-8-9-24(3)17-27)22-32(38)36(21-25-13-14-30(40-4)31(18-25)41-5)16-15-26-19-34-29-12-7-6-11-28(26)29/h6-14,17-19,23,34H,15-16,20-22H2,1-5H3,(H,35,39). The number of nitrogens with zero attached hydrogens (tertiary/aromatic N) is 2. The fraction of sp³-hybridized carbons (Fsp3) is 0.333. The number of amides is 3. The van der Waals surface area contributed by atoms with Gasteiger partial charge in [-0.1, -0.05) is 50.2 Å². The third kappa shape index (κ3) is 7.81. The molecule has 0 bridgehead atoms. The van der Waals surface area contributed by atoms with Gasteiger partial charge >= 0.3 is 6.03 Å². The number of carbonyl (C=O) groups excluding carboxylic acids is 2. The number of H-pyrrole nitrogens is 1. The topological polar surface area (TPSA) is 86.9 Å². The molecule has 216 valence electrons. The van der Waals surface area contributed by atoms with E-state index < -0.39 is 0 Å². The number of ether oxygens (including phenoxy) is 2. The van der Waals surface area contributed by atoms with Crippen LogP contribution >= 0.6 is 0 Å². The number of rotatable bonds is 12. The smallest absolute Gasteiger partial charge is 0.322 e. The molecule has 0 atom stereocenters. The van der Waals surface area contributed by atoms with Gasteiger partial charge in [0.05, 0.1) is 14.2 Å². The molecule has 4 rings (SSSR count). The summed E-state index contributed by atoms with van der Waals surface area (Å²) in [6, 6.07) is 21.2. The van der Waals surface area contributed by atoms with Crippen LogP contribution in [-0.2, 0) is 17.8 Å². The summed E-state index contributed by atoms with van der Waals surface area (Å²) in [6.45, 7) is 7.34. The Hall–Kier alpha value is -4.46. The van der Waals surface area contributed by atoms with Crippen molar-refractivity contribution in [2.24, 2.45) is 5.92 Å². The van der Waals surface area contributed by atoms with Crippen molar-refractivity contribution in [1.29, 1.82) is 0 Å². The maximum Gasteiger partial charge on any atom is 0.322 e. The normalized spacial score (nSPS) is 11.0. The van der Waals surface area contributed by atoms with Gasteiger partial charge in [0.15, 0.2) is 11.5 Å². The zero-order valence-electron chi connectivity index (χ0n) is 24.6. The maximum absolute atomic E-state index is 13.9. The van der Waals surface area contributed by atoms with Crippen LogP contribution < -0.4 is 14.8 Å². The second-order valence-corrected chi connectivity index (χ2v) is 10.7. The van der Waals surface area contributed by atoms with E-state index in [2.05, 4.69) is 16.4 Å². The summed E-state index contributed by atoms with van der Waals surface area (Å²) < 4.78 is 10.9. The number of aromatic amines is 1. The van der Waals surface area contributed by atoms with E-state index >= 15 is 0 Å². The predicted molar refractivity (Wildman–Crippen MR) is 164 cm³/mol. The Morgan fingerprint density at radius 2 is 1.71 bits per heavy atom. The molecule has 0 spiro atoms. The molecule has 0 aliphatic carbocycles. The molecule has 1 heterocycles. The Morgan fingerprint density at radius 1 is 0.927 bits per heavy atom. The Morgan fingerprint density at radius 3 is 2.44 bits per heavy atom. The van der Waals surface area contributed by atoms with Crippen LogP contribution in [0.25, 0.3) is 10.9 Å². The molecule has 3 amide bonds. The van der Waals surface area contributed by atoms with Gasteiger partial charge in [0.1, 0.15) is 6.54 Å². The van der Waals surface area contributed by atoms with E-state index in [1.54, 1.807) is 19.1 Å². The van der Waals surface area contributed by atoms with Crippen molar-refractivity contribution in [2.75, 3.05) is 39.2 Å². The van der Waals surface area contributed by atoms with Gasteiger partial charge in [0, 0.05) is 42.4 Å². The Labute approximate surface area is 242 Å². The summed E-state index contributed by atoms with van der Waals surface area (Å²) in [5, 5.41) is 4.11. The van der Waals surface area contributed by atoms with Crippen LogP contribution in [0.3, 0.4) is 0 Å². The monoisotopic (exact) mass is 556 g/mol. The summed E-state index contributed by atoms with van der Waals surface area (Å²) >= 11 is 0. The largest absolute Gasteiger partial charge is 0.493 e. The summed E-state index contributed by atoms with van der Waals surface area (Å²) in [7, 11) is 3.19. The molecule has 2 N–H and O–H groups in total. The minimum Gasteiger partial charge on any atom is -0.493 e. The number of hydrogen-bond donors (Lipinski definition) is 2. The number of urea groups is 1. The molecule has 0 radical (unpaired) electrons. The third-order valence-corrected chi connectivity index (χ3v) is 6.97. The van der Waals surface area contributed by atoms with Crippen LogP contribution in [0.15, 0.2) is 72.9 Å². The zero-order chi connectivity index (χ0) is 29.4. The lowest BCUT2D eigenvalue weighted by atomic mass is 10.1. The summed E-state index contributed by atoms with van der Waals surface area (Å²) in [6.07, 6.45) is 2.67. The van der Waals surface area contributed by atoms with Gasteiger partial charge in [-0.15, -0.1) is 0 Å². The van der Waals surface area contributed by atoms with Crippen LogP contribution in [0.5, 0.6) is 11.5 Å². The first-order valence-corrected chi connectivity index (χ1v) is 13.9. The quantitative estimate of drug-likeness (QED) is 0.216. The number of hydrogen-bond acceptors (Lipinski definition) is 4. The fourth-order valence-electron chi connectivity index (χ4n) is 4.93. The first-order valence-electron chi connectivity index (χ1n) is 13.9. The highest BCUT2D eigenvalue weighted by atomic mass is 16.5. The summed E-state index contributed by atoms with van der Waals surface area (Å²) in [5.41, 5.74) is 4.87. The Kier molecular flexibility index (Phi) is 9.90. The highest BCUT2D eigenvalue weighted by Crippen LogP contribution is 2.28. The van der Waals surface area contributed by atoms with Crippen molar-refractivity contribution in [3.63, 3.8) is 0 Å². The molecule has 0 aliphatic heterocycles. The van der Waals surface area contributed by atoms with Gasteiger partial charge in [-0.05, 0) is 66.3 Å². The number of methoxy groups -OCH3 is 2. The molecule has 0 saturated heterocycles. The van der Waals surface area contributed by atoms with E-state index in [9.17, 15) is 9.59 Å². The second kappa shape index (κ2) is 13.7. The first kappa shape index (κ1) is 29.5. The SMILES string of the molecule is COc1ccc(CN(CCc2c[nH]c3ccccc23)C(=O)CN(CC(C)C)C(=O)Nc2cccc(C)c2)cc1OC. The molecule has 8 heteroatoms. The first-order chi connectivity index (χ1) is 19.8. The Balaban J connectivity index is 1.56. The lowest BCUT2D eigenvalue weighted by Gasteiger charge is -2.29. The lowest BCUT2D eigenvalue weighted by Crippen LogP contribution is -2.46. The van der Waals surface area contributed by atoms with Crippen molar-refractivity contribution in [1.82, 2.24) is 14.8 Å². The van der Waals surface area contributed by atoms with Crippen molar-refractivity contribution < 1.29 is 19.1 Å². The molecule has 4 aromatic rings. The lowest BCUT2D eigenvalue weighted by molar-refractivity contribution is -0.132. The van der Waals surface area contributed by atoms with Gasteiger partial charge in [0.25, 0.3) is 0 Å². The molecule has 0 aliphatic rings. The molecule has 8 nitrogen and oxygen atoms in total. The van der Waals surface area contributed by atoms with Crippen LogP contribution in [-0.4, -0.2) is 60.6 Å². The third-order valence-electron chi connectivity index (χ3n) is 6.97. The van der Waals surface area contributed by atoms with Crippen LogP contribution in [0.4, 0.5) is 10.5 Å². The van der Waals surface area contributed by atoms with Crippen molar-refractivity contribution in [3.05, 3.63) is 89.6 Å². The minimum atomic E-state index is -0.291.